The summed E-state index contributed by atoms with van der Waals surface area (Å²) in [5.74, 6) is 2.21. The van der Waals surface area contributed by atoms with Crippen molar-refractivity contribution in [3.05, 3.63) is 17.5 Å². The molecule has 2 bridgehead atoms. The van der Waals surface area contributed by atoms with Crippen molar-refractivity contribution < 1.29 is 24.1 Å². The summed E-state index contributed by atoms with van der Waals surface area (Å²) in [5, 5.41) is 15.0. The maximum Gasteiger partial charge on any atom is 0.435 e. The number of piperidine rings is 2. The van der Waals surface area contributed by atoms with Crippen LogP contribution in [0.1, 0.15) is 83.7 Å². The van der Waals surface area contributed by atoms with Gasteiger partial charge >= 0.3 is 12.1 Å². The van der Waals surface area contributed by atoms with Crippen molar-refractivity contribution in [3.8, 4) is 0 Å². The Labute approximate surface area is 200 Å². The number of aliphatic imine (C=N–C) groups is 1. The molecule has 0 saturated carbocycles. The van der Waals surface area contributed by atoms with Gasteiger partial charge in [0, 0.05) is 32.1 Å². The maximum absolute atomic E-state index is 12.2. The summed E-state index contributed by atoms with van der Waals surface area (Å²) in [4.78, 5) is 32.1. The minimum Gasteiger partial charge on any atom is -0.442 e. The van der Waals surface area contributed by atoms with Crippen LogP contribution in [0.3, 0.4) is 0 Å². The van der Waals surface area contributed by atoms with Gasteiger partial charge in [-0.3, -0.25) is 5.21 Å². The number of likely N-dealkylation sites (tertiary alicyclic amines) is 1. The minimum absolute atomic E-state index is 0.103. The molecule has 2 atom stereocenters. The molecule has 4 heterocycles. The van der Waals surface area contributed by atoms with Crippen molar-refractivity contribution in [2.75, 3.05) is 19.6 Å². The van der Waals surface area contributed by atoms with E-state index in [4.69, 9.17) is 9.26 Å². The lowest BCUT2D eigenvalue weighted by atomic mass is 9.91. The summed E-state index contributed by atoms with van der Waals surface area (Å²) in [6, 6.07) is 1.41. The molecular formula is C24H37N5O5. The molecule has 34 heavy (non-hydrogen) atoms. The van der Waals surface area contributed by atoms with Crippen LogP contribution in [-0.2, 0) is 11.2 Å². The van der Waals surface area contributed by atoms with Crippen molar-refractivity contribution in [3.63, 3.8) is 0 Å². The molecule has 0 aliphatic carbocycles. The number of hydroxylamine groups is 2. The number of fused-ring (bicyclic) bond motifs is 2. The third-order valence-electron chi connectivity index (χ3n) is 7.02. The van der Waals surface area contributed by atoms with Crippen LogP contribution in [0.15, 0.2) is 15.6 Å². The molecule has 3 fully saturated rings. The largest absolute Gasteiger partial charge is 0.442 e. The predicted octanol–water partition coefficient (Wildman–Crippen LogP) is 4.39. The smallest absolute Gasteiger partial charge is 0.435 e. The highest BCUT2D eigenvalue weighted by atomic mass is 16.6. The number of hydrogen-bond acceptors (Lipinski definition) is 6. The number of urea groups is 1. The zero-order valence-electron chi connectivity index (χ0n) is 20.7. The molecule has 3 aliphatic rings. The van der Waals surface area contributed by atoms with Gasteiger partial charge in [0.1, 0.15) is 22.9 Å². The van der Waals surface area contributed by atoms with E-state index in [1.165, 1.54) is 0 Å². The van der Waals surface area contributed by atoms with E-state index in [0.717, 1.165) is 80.4 Å². The van der Waals surface area contributed by atoms with Gasteiger partial charge in [-0.1, -0.05) is 5.16 Å². The fourth-order valence-corrected chi connectivity index (χ4v) is 5.16. The zero-order chi connectivity index (χ0) is 24.5. The minimum atomic E-state index is -0.538. The van der Waals surface area contributed by atoms with Crippen molar-refractivity contribution in [2.24, 2.45) is 10.9 Å². The maximum atomic E-state index is 12.2. The highest BCUT2D eigenvalue weighted by molar-refractivity contribution is 5.90. The van der Waals surface area contributed by atoms with Crippen LogP contribution < -0.4 is 0 Å². The number of aromatic nitrogens is 1. The first kappa shape index (κ1) is 24.5. The lowest BCUT2D eigenvalue weighted by Gasteiger charge is -2.33. The number of ether oxygens (including phenoxy) is 1. The summed E-state index contributed by atoms with van der Waals surface area (Å²) >= 11 is 0. The van der Waals surface area contributed by atoms with Gasteiger partial charge in [-0.15, -0.1) is 0 Å². The normalized spacial score (nSPS) is 24.2. The third-order valence-corrected chi connectivity index (χ3v) is 7.02. The van der Waals surface area contributed by atoms with E-state index >= 15 is 0 Å². The van der Waals surface area contributed by atoms with Gasteiger partial charge in [0.2, 0.25) is 0 Å². The van der Waals surface area contributed by atoms with Crippen LogP contribution in [-0.4, -0.2) is 74.5 Å². The van der Waals surface area contributed by atoms with Gasteiger partial charge < -0.3 is 19.1 Å². The third kappa shape index (κ3) is 5.71. The van der Waals surface area contributed by atoms with Crippen molar-refractivity contribution in [1.29, 1.82) is 0 Å². The monoisotopic (exact) mass is 475 g/mol. The fourth-order valence-electron chi connectivity index (χ4n) is 5.16. The summed E-state index contributed by atoms with van der Waals surface area (Å²) in [6.07, 6.45) is 6.12. The number of amidine groups is 1. The molecule has 4 rings (SSSR count). The zero-order valence-corrected chi connectivity index (χ0v) is 20.7. The van der Waals surface area contributed by atoms with Crippen LogP contribution in [0.5, 0.6) is 0 Å². The van der Waals surface area contributed by atoms with Gasteiger partial charge in [0.15, 0.2) is 0 Å². The summed E-state index contributed by atoms with van der Waals surface area (Å²) in [5.41, 5.74) is 0.245. The second-order valence-electron chi connectivity index (χ2n) is 10.7. The number of carbonyl (C=O) groups excluding carboxylic acids is 2. The molecule has 10 nitrogen and oxygen atoms in total. The summed E-state index contributed by atoms with van der Waals surface area (Å²) in [6.45, 7) is 9.71. The van der Waals surface area contributed by atoms with Gasteiger partial charge in [-0.25, -0.2) is 14.7 Å². The van der Waals surface area contributed by atoms with Gasteiger partial charge in [-0.2, -0.15) is 4.99 Å². The lowest BCUT2D eigenvalue weighted by molar-refractivity contribution is -0.0584. The van der Waals surface area contributed by atoms with E-state index < -0.39 is 11.7 Å². The van der Waals surface area contributed by atoms with Crippen molar-refractivity contribution >= 4 is 18.0 Å². The predicted molar refractivity (Wildman–Crippen MR) is 125 cm³/mol. The van der Waals surface area contributed by atoms with E-state index in [2.05, 4.69) is 15.0 Å². The molecule has 0 radical (unpaired) electrons. The Morgan fingerprint density at radius 1 is 1.26 bits per heavy atom. The molecule has 3 saturated heterocycles. The lowest BCUT2D eigenvalue weighted by Crippen LogP contribution is -2.38. The number of aryl methyl sites for hydroxylation is 1. The number of carbonyl (C=O) groups is 2. The molecule has 0 spiro atoms. The molecular weight excluding hydrogens is 438 g/mol. The standard InChI is InChI=1S/C24H37N5O5/c1-16(25-22(30)33-24(2,3)4)27-12-10-17(11-13-27)6-5-7-19-14-20(26-34-19)21-9-8-18-15-28(21)23(31)29(18)32/h14,17-18,21,32H,5-13,15H2,1-4H3/b25-16+/t18-,21+/m1/s1. The van der Waals surface area contributed by atoms with Crippen LogP contribution >= 0.6 is 0 Å². The van der Waals surface area contributed by atoms with Crippen molar-refractivity contribution in [2.45, 2.75) is 90.3 Å². The Kier molecular flexibility index (Phi) is 7.16. The Morgan fingerprint density at radius 2 is 2.00 bits per heavy atom. The van der Waals surface area contributed by atoms with E-state index in [0.29, 0.717) is 12.5 Å². The molecule has 0 unspecified atom stereocenters. The van der Waals surface area contributed by atoms with E-state index in [-0.39, 0.29) is 18.1 Å². The topological polar surface area (TPSA) is 112 Å². The van der Waals surface area contributed by atoms with Crippen molar-refractivity contribution in [1.82, 2.24) is 20.0 Å². The molecule has 1 aromatic heterocycles. The average Bonchev–Trinajstić information content (AvgIpc) is 3.33. The fraction of sp³-hybridized carbons (Fsp3) is 0.750. The number of amides is 3. The van der Waals surface area contributed by atoms with Gasteiger partial charge in [0.05, 0.1) is 12.1 Å². The highest BCUT2D eigenvalue weighted by Gasteiger charge is 2.45. The first-order chi connectivity index (χ1) is 16.1. The molecule has 3 aliphatic heterocycles. The van der Waals surface area contributed by atoms with Crippen LogP contribution in [0.4, 0.5) is 9.59 Å². The molecule has 0 aromatic carbocycles. The first-order valence-electron chi connectivity index (χ1n) is 12.4. The molecule has 3 amide bonds. The van der Waals surface area contributed by atoms with E-state index in [1.807, 2.05) is 33.8 Å². The Balaban J connectivity index is 1.19. The number of hydrogen-bond donors (Lipinski definition) is 1. The SMILES string of the molecule is C/C(=N\C(=O)OC(C)(C)C)N1CCC(CCCc2cc([C@@H]3CC[C@@H]4CN3C(=O)N4O)no2)CC1. The Morgan fingerprint density at radius 3 is 2.71 bits per heavy atom. The van der Waals surface area contributed by atoms with E-state index in [1.54, 1.807) is 4.90 Å². The molecule has 1 N–H and O–H groups in total. The number of nitrogens with zero attached hydrogens (tertiary/aromatic N) is 5. The summed E-state index contributed by atoms with van der Waals surface area (Å²) in [7, 11) is 0. The molecule has 10 heteroatoms. The quantitative estimate of drug-likeness (QED) is 0.382. The highest BCUT2D eigenvalue weighted by Crippen LogP contribution is 2.37. The Bertz CT molecular complexity index is 915. The van der Waals surface area contributed by atoms with Gasteiger partial charge in [0.25, 0.3) is 0 Å². The number of rotatable bonds is 5. The molecule has 188 valence electrons. The van der Waals surface area contributed by atoms with Crippen LogP contribution in [0.25, 0.3) is 0 Å². The second kappa shape index (κ2) is 9.93. The second-order valence-corrected chi connectivity index (χ2v) is 10.7. The van der Waals surface area contributed by atoms with Crippen LogP contribution in [0.2, 0.25) is 0 Å². The average molecular weight is 476 g/mol. The Hall–Kier alpha value is -2.62. The van der Waals surface area contributed by atoms with Gasteiger partial charge in [-0.05, 0) is 72.1 Å². The summed E-state index contributed by atoms with van der Waals surface area (Å²) < 4.78 is 10.8. The van der Waals surface area contributed by atoms with Crippen LogP contribution in [0, 0.1) is 5.92 Å². The first-order valence-corrected chi connectivity index (χ1v) is 12.4. The molecule has 1 aromatic rings. The van der Waals surface area contributed by atoms with E-state index in [9.17, 15) is 14.8 Å².